The van der Waals surface area contributed by atoms with Crippen LogP contribution in [0.2, 0.25) is 10.0 Å². The summed E-state index contributed by atoms with van der Waals surface area (Å²) in [6, 6.07) is 20.6. The molecule has 5 rings (SSSR count). The highest BCUT2D eigenvalue weighted by Gasteiger charge is 2.53. The van der Waals surface area contributed by atoms with E-state index in [2.05, 4.69) is 0 Å². The number of carboxylic acids is 1. The number of halogens is 2. The van der Waals surface area contributed by atoms with Crippen molar-refractivity contribution in [3.8, 4) is 0 Å². The number of sulfonamides is 1. The van der Waals surface area contributed by atoms with Crippen LogP contribution in [0.4, 0.5) is 0 Å². The van der Waals surface area contributed by atoms with E-state index in [1.807, 2.05) is 43.3 Å². The molecule has 3 aromatic carbocycles. The van der Waals surface area contributed by atoms with Crippen LogP contribution in [0.5, 0.6) is 0 Å². The van der Waals surface area contributed by atoms with Gasteiger partial charge in [-0.3, -0.25) is 9.59 Å². The Bertz CT molecular complexity index is 1580. The largest absolute Gasteiger partial charge is 0.481 e. The van der Waals surface area contributed by atoms with Crippen LogP contribution in [0, 0.1) is 5.41 Å². The monoisotopic (exact) mass is 614 g/mol. The number of carboxylic acid groups (broad SMARTS) is 1. The van der Waals surface area contributed by atoms with E-state index in [9.17, 15) is 23.1 Å². The molecule has 0 spiro atoms. The van der Waals surface area contributed by atoms with Gasteiger partial charge in [-0.05, 0) is 59.9 Å². The van der Waals surface area contributed by atoms with Gasteiger partial charge in [0.15, 0.2) is 0 Å². The van der Waals surface area contributed by atoms with E-state index in [1.54, 1.807) is 48.2 Å². The van der Waals surface area contributed by atoms with Crippen molar-refractivity contribution < 1.29 is 23.1 Å². The topological polar surface area (TPSA) is 95.0 Å². The molecule has 216 valence electrons. The van der Waals surface area contributed by atoms with Crippen molar-refractivity contribution in [2.75, 3.05) is 6.54 Å². The van der Waals surface area contributed by atoms with Gasteiger partial charge in [-0.25, -0.2) is 8.42 Å². The summed E-state index contributed by atoms with van der Waals surface area (Å²) in [4.78, 5) is 28.5. The van der Waals surface area contributed by atoms with Crippen molar-refractivity contribution in [3.05, 3.63) is 99.5 Å². The second-order valence-corrected chi connectivity index (χ2v) is 14.0. The molecule has 0 radical (unpaired) electrons. The summed E-state index contributed by atoms with van der Waals surface area (Å²) in [5, 5.41) is 10.9. The predicted molar refractivity (Wildman–Crippen MR) is 158 cm³/mol. The summed E-state index contributed by atoms with van der Waals surface area (Å²) in [6.45, 7) is 3.91. The lowest BCUT2D eigenvalue weighted by Crippen LogP contribution is -2.58. The molecule has 2 aliphatic rings. The van der Waals surface area contributed by atoms with Gasteiger partial charge < -0.3 is 10.0 Å². The van der Waals surface area contributed by atoms with Crippen LogP contribution < -0.4 is 0 Å². The molecular weight excluding hydrogens is 583 g/mol. The number of carbonyl (C=O) groups is 2. The highest BCUT2D eigenvalue weighted by molar-refractivity contribution is 7.89. The average Bonchev–Trinajstić information content (AvgIpc) is 3.18. The number of nitrogens with zero attached hydrogens (tertiary/aromatic N) is 2. The molecule has 3 aromatic rings. The number of benzene rings is 3. The van der Waals surface area contributed by atoms with E-state index in [4.69, 9.17) is 23.2 Å². The van der Waals surface area contributed by atoms with Crippen molar-refractivity contribution >= 4 is 45.1 Å². The van der Waals surface area contributed by atoms with Crippen LogP contribution in [0.3, 0.4) is 0 Å². The molecule has 4 atom stereocenters. The lowest BCUT2D eigenvalue weighted by molar-refractivity contribution is -0.160. The maximum absolute atomic E-state index is 14.5. The van der Waals surface area contributed by atoms with Crippen LogP contribution in [0.1, 0.15) is 61.8 Å². The van der Waals surface area contributed by atoms with Crippen LogP contribution in [0.25, 0.3) is 0 Å². The lowest BCUT2D eigenvalue weighted by Gasteiger charge is -2.52. The third kappa shape index (κ3) is 5.63. The number of piperidine rings is 1. The predicted octanol–water partition coefficient (Wildman–Crippen LogP) is 6.51. The molecule has 1 fully saturated rings. The molecule has 0 saturated carbocycles. The molecule has 41 heavy (non-hydrogen) atoms. The van der Waals surface area contributed by atoms with E-state index in [0.29, 0.717) is 22.0 Å². The number of rotatable bonds is 8. The SMILES string of the molecule is CC[C@@H](CN1Cc2ccccc2S1(=O)=O)N1C(=O)[C@@](C)(CC(=O)O)C[C@H](c2cccc(Cl)c2)[C@H]1c1ccc(Cl)cc1. The van der Waals surface area contributed by atoms with Gasteiger partial charge >= 0.3 is 5.97 Å². The molecule has 0 unspecified atom stereocenters. The van der Waals surface area contributed by atoms with Crippen molar-refractivity contribution in [1.82, 2.24) is 9.21 Å². The highest BCUT2D eigenvalue weighted by Crippen LogP contribution is 2.52. The molecule has 1 N–H and O–H groups in total. The summed E-state index contributed by atoms with van der Waals surface area (Å²) < 4.78 is 28.4. The third-order valence-electron chi connectivity index (χ3n) is 8.35. The molecule has 7 nitrogen and oxygen atoms in total. The van der Waals surface area contributed by atoms with Gasteiger partial charge in [0.1, 0.15) is 0 Å². The van der Waals surface area contributed by atoms with Gasteiger partial charge in [0.05, 0.1) is 22.8 Å². The van der Waals surface area contributed by atoms with E-state index in [0.717, 1.165) is 11.1 Å². The van der Waals surface area contributed by atoms with E-state index in [1.165, 1.54) is 4.31 Å². The Kier molecular flexibility index (Phi) is 8.23. The number of likely N-dealkylation sites (tertiary alicyclic amines) is 1. The maximum Gasteiger partial charge on any atom is 0.304 e. The number of amides is 1. The fraction of sp³-hybridized carbons (Fsp3) is 0.355. The maximum atomic E-state index is 14.5. The van der Waals surface area contributed by atoms with Gasteiger partial charge in [-0.2, -0.15) is 4.31 Å². The van der Waals surface area contributed by atoms with Gasteiger partial charge in [0.2, 0.25) is 15.9 Å². The fourth-order valence-electron chi connectivity index (χ4n) is 6.39. The minimum atomic E-state index is -3.75. The van der Waals surface area contributed by atoms with E-state index in [-0.39, 0.29) is 42.7 Å². The van der Waals surface area contributed by atoms with E-state index >= 15 is 0 Å². The second kappa shape index (κ2) is 11.4. The van der Waals surface area contributed by atoms with Crippen molar-refractivity contribution in [1.29, 1.82) is 0 Å². The molecule has 0 aromatic heterocycles. The first-order valence-corrected chi connectivity index (χ1v) is 15.8. The molecule has 0 bridgehead atoms. The van der Waals surface area contributed by atoms with Gasteiger partial charge in [0, 0.05) is 35.1 Å². The number of hydrogen-bond acceptors (Lipinski definition) is 4. The quantitative estimate of drug-likeness (QED) is 0.312. The van der Waals surface area contributed by atoms with Crippen molar-refractivity contribution in [3.63, 3.8) is 0 Å². The lowest BCUT2D eigenvalue weighted by atomic mass is 9.67. The standard InChI is InChI=1S/C31H32Cl2N2O5S/c1-3-25(19-34-18-22-7-4-5-10-27(22)41(34,39)40)35-29(20-11-13-23(32)14-12-20)26(21-8-6-9-24(33)15-21)16-31(2,30(35)38)17-28(36)37/h4-15,25-26,29H,3,16-19H2,1-2H3,(H,36,37)/t25-,26+,29+,31+/m0/s1. The first-order valence-electron chi connectivity index (χ1n) is 13.6. The molecule has 1 saturated heterocycles. The summed E-state index contributed by atoms with van der Waals surface area (Å²) in [6.07, 6.45) is 0.395. The Morgan fingerprint density at radius 3 is 2.37 bits per heavy atom. The smallest absolute Gasteiger partial charge is 0.304 e. The summed E-state index contributed by atoms with van der Waals surface area (Å²) >= 11 is 12.6. The summed E-state index contributed by atoms with van der Waals surface area (Å²) in [5.74, 6) is -1.68. The summed E-state index contributed by atoms with van der Waals surface area (Å²) in [7, 11) is -3.75. The molecule has 2 heterocycles. The van der Waals surface area contributed by atoms with Crippen LogP contribution in [-0.2, 0) is 26.2 Å². The Hall–Kier alpha value is -2.91. The number of aliphatic carboxylic acids is 1. The number of fused-ring (bicyclic) bond motifs is 1. The molecular formula is C31H32Cl2N2O5S. The zero-order valence-electron chi connectivity index (χ0n) is 22.8. The Balaban J connectivity index is 1.64. The van der Waals surface area contributed by atoms with Crippen molar-refractivity contribution in [2.45, 2.75) is 62.6 Å². The normalized spacial score (nSPS) is 24.7. The zero-order chi connectivity index (χ0) is 29.5. The second-order valence-electron chi connectivity index (χ2n) is 11.2. The Morgan fingerprint density at radius 2 is 1.73 bits per heavy atom. The number of hydrogen-bond donors (Lipinski definition) is 1. The first-order chi connectivity index (χ1) is 19.4. The highest BCUT2D eigenvalue weighted by atomic mass is 35.5. The molecule has 10 heteroatoms. The third-order valence-corrected chi connectivity index (χ3v) is 10.7. The minimum absolute atomic E-state index is 0.0781. The van der Waals surface area contributed by atoms with E-state index < -0.39 is 33.5 Å². The Morgan fingerprint density at radius 1 is 1.02 bits per heavy atom. The minimum Gasteiger partial charge on any atom is -0.481 e. The first kappa shape index (κ1) is 29.6. The van der Waals surface area contributed by atoms with Gasteiger partial charge in [0.25, 0.3) is 0 Å². The van der Waals surface area contributed by atoms with Crippen LogP contribution >= 0.6 is 23.2 Å². The summed E-state index contributed by atoms with van der Waals surface area (Å²) in [5.41, 5.74) is 1.20. The Labute approximate surface area is 250 Å². The average molecular weight is 616 g/mol. The van der Waals surface area contributed by atoms with Crippen LogP contribution in [0.15, 0.2) is 77.7 Å². The molecule has 2 aliphatic heterocycles. The van der Waals surface area contributed by atoms with Gasteiger partial charge in [-0.15, -0.1) is 0 Å². The zero-order valence-corrected chi connectivity index (χ0v) is 25.2. The molecule has 0 aliphatic carbocycles. The van der Waals surface area contributed by atoms with Gasteiger partial charge in [-0.1, -0.05) is 79.5 Å². The van der Waals surface area contributed by atoms with Crippen LogP contribution in [-0.4, -0.2) is 47.2 Å². The fourth-order valence-corrected chi connectivity index (χ4v) is 8.39. The number of carbonyl (C=O) groups excluding carboxylic acids is 1. The van der Waals surface area contributed by atoms with Crippen molar-refractivity contribution in [2.24, 2.45) is 5.41 Å². The molecule has 1 amide bonds.